The predicted molar refractivity (Wildman–Crippen MR) is 75.3 cm³/mol. The van der Waals surface area contributed by atoms with Gasteiger partial charge < -0.3 is 15.8 Å². The molecule has 0 bridgehead atoms. The number of nitrogens with one attached hydrogen (secondary N) is 1. The third-order valence-electron chi connectivity index (χ3n) is 2.48. The molecule has 1 rings (SSSR count). The second-order valence-corrected chi connectivity index (χ2v) is 5.44. The summed E-state index contributed by atoms with van der Waals surface area (Å²) in [7, 11) is 0. The zero-order valence-electron chi connectivity index (χ0n) is 12.0. The maximum atomic E-state index is 11.6. The number of hydrogen-bond donors (Lipinski definition) is 2. The molecule has 0 aliphatic carbocycles. The third kappa shape index (κ3) is 4.42. The number of benzene rings is 1. The van der Waals surface area contributed by atoms with Crippen LogP contribution in [0.5, 0.6) is 0 Å². The summed E-state index contributed by atoms with van der Waals surface area (Å²) in [6.07, 6.45) is -0.579. The van der Waals surface area contributed by atoms with Crippen LogP contribution in [0.1, 0.15) is 39.3 Å². The fourth-order valence-electron chi connectivity index (χ4n) is 1.56. The first-order chi connectivity index (χ1) is 9.10. The number of nitrogens with two attached hydrogens (primary N) is 1. The van der Waals surface area contributed by atoms with Crippen molar-refractivity contribution >= 4 is 17.5 Å². The average Bonchev–Trinajstić information content (AvgIpc) is 2.26. The molecule has 0 heterocycles. The Hall–Kier alpha value is -2.31. The molecule has 7 nitrogen and oxygen atoms in total. The van der Waals surface area contributed by atoms with Gasteiger partial charge in [0, 0.05) is 6.07 Å². The van der Waals surface area contributed by atoms with Gasteiger partial charge in [-0.1, -0.05) is 6.07 Å². The van der Waals surface area contributed by atoms with E-state index in [0.717, 1.165) is 0 Å². The Morgan fingerprint density at radius 2 is 2.05 bits per heavy atom. The van der Waals surface area contributed by atoms with E-state index in [-0.39, 0.29) is 11.4 Å². The lowest BCUT2D eigenvalue weighted by Crippen LogP contribution is -2.34. The Kier molecular flexibility index (Phi) is 4.54. The number of carbonyl (C=O) groups is 1. The minimum atomic E-state index is -0.600. The lowest BCUT2D eigenvalue weighted by molar-refractivity contribution is -0.384. The quantitative estimate of drug-likeness (QED) is 0.503. The van der Waals surface area contributed by atoms with Gasteiger partial charge in [-0.05, 0) is 39.3 Å². The molecule has 0 saturated heterocycles. The standard InChI is InChI=1S/C13H19N3O4/c1-8(15-12(17)20-13(2,3)4)9-5-6-10(14)11(7-9)16(18)19/h5-8H,14H2,1-4H3,(H,15,17)/t8-/m1/s1. The highest BCUT2D eigenvalue weighted by atomic mass is 16.6. The highest BCUT2D eigenvalue weighted by molar-refractivity contribution is 5.68. The number of nitrogens with zero attached hydrogens (tertiary/aromatic N) is 1. The van der Waals surface area contributed by atoms with E-state index >= 15 is 0 Å². The highest BCUT2D eigenvalue weighted by Gasteiger charge is 2.20. The smallest absolute Gasteiger partial charge is 0.408 e. The molecule has 0 radical (unpaired) electrons. The largest absolute Gasteiger partial charge is 0.444 e. The van der Waals surface area contributed by atoms with E-state index in [1.807, 2.05) is 0 Å². The van der Waals surface area contributed by atoms with Crippen LogP contribution in [-0.2, 0) is 4.74 Å². The second-order valence-electron chi connectivity index (χ2n) is 5.44. The zero-order valence-corrected chi connectivity index (χ0v) is 12.0. The van der Waals surface area contributed by atoms with Crippen LogP contribution >= 0.6 is 0 Å². The van der Waals surface area contributed by atoms with Gasteiger partial charge in [0.1, 0.15) is 11.3 Å². The van der Waals surface area contributed by atoms with Gasteiger partial charge in [0.05, 0.1) is 11.0 Å². The van der Waals surface area contributed by atoms with Gasteiger partial charge in [-0.15, -0.1) is 0 Å². The summed E-state index contributed by atoms with van der Waals surface area (Å²) in [5.74, 6) is 0. The molecular weight excluding hydrogens is 262 g/mol. The summed E-state index contributed by atoms with van der Waals surface area (Å²) in [5.41, 5.74) is 5.41. The van der Waals surface area contributed by atoms with Crippen LogP contribution in [0.25, 0.3) is 0 Å². The van der Waals surface area contributed by atoms with Crippen LogP contribution in [0.15, 0.2) is 18.2 Å². The van der Waals surface area contributed by atoms with Crippen LogP contribution in [-0.4, -0.2) is 16.6 Å². The van der Waals surface area contributed by atoms with Gasteiger partial charge >= 0.3 is 6.09 Å². The molecule has 3 N–H and O–H groups in total. The summed E-state index contributed by atoms with van der Waals surface area (Å²) < 4.78 is 5.12. The molecule has 110 valence electrons. The number of anilines is 1. The van der Waals surface area contributed by atoms with Crippen LogP contribution in [0.4, 0.5) is 16.2 Å². The maximum absolute atomic E-state index is 11.6. The SMILES string of the molecule is C[C@@H](NC(=O)OC(C)(C)C)c1ccc(N)c([N+](=O)[O-])c1. The van der Waals surface area contributed by atoms with Gasteiger partial charge in [-0.25, -0.2) is 4.79 Å². The molecule has 0 saturated carbocycles. The number of alkyl carbamates (subject to hydrolysis) is 1. The van der Waals surface area contributed by atoms with Crippen molar-refractivity contribution < 1.29 is 14.5 Å². The molecular formula is C13H19N3O4. The first-order valence-electron chi connectivity index (χ1n) is 6.13. The van der Waals surface area contributed by atoms with E-state index in [9.17, 15) is 14.9 Å². The van der Waals surface area contributed by atoms with Crippen LogP contribution in [0.3, 0.4) is 0 Å². The van der Waals surface area contributed by atoms with Crippen molar-refractivity contribution in [2.45, 2.75) is 39.3 Å². The van der Waals surface area contributed by atoms with E-state index in [4.69, 9.17) is 10.5 Å². The normalized spacial score (nSPS) is 12.6. The van der Waals surface area contributed by atoms with Crippen molar-refractivity contribution in [3.63, 3.8) is 0 Å². The number of hydrogen-bond acceptors (Lipinski definition) is 5. The molecule has 0 spiro atoms. The third-order valence-corrected chi connectivity index (χ3v) is 2.48. The Morgan fingerprint density at radius 3 is 2.55 bits per heavy atom. The first-order valence-corrected chi connectivity index (χ1v) is 6.13. The number of carbonyl (C=O) groups excluding carboxylic acids is 1. The summed E-state index contributed by atoms with van der Waals surface area (Å²) in [5, 5.41) is 13.4. The number of amides is 1. The number of nitro groups is 1. The number of ether oxygens (including phenoxy) is 1. The van der Waals surface area contributed by atoms with Gasteiger partial charge in [0.2, 0.25) is 0 Å². The molecule has 1 aromatic carbocycles. The van der Waals surface area contributed by atoms with E-state index < -0.39 is 22.7 Å². The van der Waals surface area contributed by atoms with E-state index in [2.05, 4.69) is 5.32 Å². The number of nitrogen functional groups attached to an aromatic ring is 1. The lowest BCUT2D eigenvalue weighted by Gasteiger charge is -2.22. The first kappa shape index (κ1) is 15.7. The monoisotopic (exact) mass is 281 g/mol. The van der Waals surface area contributed by atoms with Crippen LogP contribution in [0.2, 0.25) is 0 Å². The molecule has 20 heavy (non-hydrogen) atoms. The molecule has 0 fully saturated rings. The molecule has 0 unspecified atom stereocenters. The van der Waals surface area contributed by atoms with Gasteiger partial charge in [-0.3, -0.25) is 10.1 Å². The molecule has 1 amide bonds. The van der Waals surface area contributed by atoms with Crippen molar-refractivity contribution in [3.05, 3.63) is 33.9 Å². The maximum Gasteiger partial charge on any atom is 0.408 e. The van der Waals surface area contributed by atoms with Crippen molar-refractivity contribution in [1.82, 2.24) is 5.32 Å². The molecule has 0 aliphatic rings. The average molecular weight is 281 g/mol. The molecule has 0 aliphatic heterocycles. The summed E-state index contributed by atoms with van der Waals surface area (Å²) in [6.45, 7) is 6.97. The van der Waals surface area contributed by atoms with Crippen LogP contribution in [0, 0.1) is 10.1 Å². The molecule has 7 heteroatoms. The lowest BCUT2D eigenvalue weighted by atomic mass is 10.1. The second kappa shape index (κ2) is 5.77. The van der Waals surface area contributed by atoms with Gasteiger partial charge in [0.25, 0.3) is 5.69 Å². The Labute approximate surface area is 117 Å². The fraction of sp³-hybridized carbons (Fsp3) is 0.462. The van der Waals surface area contributed by atoms with Gasteiger partial charge in [-0.2, -0.15) is 0 Å². The Bertz CT molecular complexity index is 523. The summed E-state index contributed by atoms with van der Waals surface area (Å²) in [4.78, 5) is 21.9. The molecule has 1 aromatic rings. The predicted octanol–water partition coefficient (Wildman–Crippen LogP) is 2.76. The van der Waals surface area contributed by atoms with E-state index in [1.165, 1.54) is 12.1 Å². The number of nitro benzene ring substituents is 1. The summed E-state index contributed by atoms with van der Waals surface area (Å²) >= 11 is 0. The minimum absolute atomic E-state index is 0.0863. The Balaban J connectivity index is 2.83. The van der Waals surface area contributed by atoms with Crippen molar-refractivity contribution in [3.8, 4) is 0 Å². The fourth-order valence-corrected chi connectivity index (χ4v) is 1.56. The Morgan fingerprint density at radius 1 is 1.45 bits per heavy atom. The minimum Gasteiger partial charge on any atom is -0.444 e. The zero-order chi connectivity index (χ0) is 15.5. The van der Waals surface area contributed by atoms with Gasteiger partial charge in [0.15, 0.2) is 0 Å². The van der Waals surface area contributed by atoms with E-state index in [1.54, 1.807) is 33.8 Å². The van der Waals surface area contributed by atoms with Crippen molar-refractivity contribution in [2.75, 3.05) is 5.73 Å². The van der Waals surface area contributed by atoms with Crippen molar-refractivity contribution in [1.29, 1.82) is 0 Å². The van der Waals surface area contributed by atoms with Crippen molar-refractivity contribution in [2.24, 2.45) is 0 Å². The highest BCUT2D eigenvalue weighted by Crippen LogP contribution is 2.25. The van der Waals surface area contributed by atoms with Crippen LogP contribution < -0.4 is 11.1 Å². The summed E-state index contributed by atoms with van der Waals surface area (Å²) in [6, 6.07) is 3.99. The number of rotatable bonds is 3. The molecule has 0 aromatic heterocycles. The molecule has 1 atom stereocenters. The van der Waals surface area contributed by atoms with E-state index in [0.29, 0.717) is 5.56 Å². The topological polar surface area (TPSA) is 107 Å².